The van der Waals surface area contributed by atoms with E-state index < -0.39 is 12.0 Å². The second kappa shape index (κ2) is 4.37. The van der Waals surface area contributed by atoms with Gasteiger partial charge in [0.05, 0.1) is 0 Å². The van der Waals surface area contributed by atoms with Crippen molar-refractivity contribution < 1.29 is 8.78 Å². The molecule has 2 aliphatic rings. The maximum Gasteiger partial charge on any atom is 0.131 e. The Bertz CT molecular complexity index is 395. The highest BCUT2D eigenvalue weighted by Gasteiger charge is 2.38. The Morgan fingerprint density at radius 1 is 1.12 bits per heavy atom. The SMILES string of the molecule is Fc1ccccc1C(F)C1CC2CCC(C1)N2. The van der Waals surface area contributed by atoms with E-state index in [-0.39, 0.29) is 11.5 Å². The molecule has 2 heterocycles. The predicted molar refractivity (Wildman–Crippen MR) is 62.9 cm³/mol. The van der Waals surface area contributed by atoms with Gasteiger partial charge in [-0.3, -0.25) is 0 Å². The van der Waals surface area contributed by atoms with Crippen LogP contribution in [0.25, 0.3) is 0 Å². The van der Waals surface area contributed by atoms with E-state index in [1.165, 1.54) is 6.07 Å². The average molecular weight is 237 g/mol. The Hall–Kier alpha value is -0.960. The summed E-state index contributed by atoms with van der Waals surface area (Å²) in [6.07, 6.45) is 2.82. The van der Waals surface area contributed by atoms with E-state index >= 15 is 0 Å². The van der Waals surface area contributed by atoms with Crippen molar-refractivity contribution in [1.29, 1.82) is 0 Å². The molecule has 1 N–H and O–H groups in total. The molecule has 3 heteroatoms. The molecule has 3 atom stereocenters. The normalized spacial score (nSPS) is 33.6. The highest BCUT2D eigenvalue weighted by molar-refractivity contribution is 5.21. The first-order chi connectivity index (χ1) is 8.24. The molecule has 0 aromatic heterocycles. The lowest BCUT2D eigenvalue weighted by atomic mass is 9.85. The molecule has 3 rings (SSSR count). The van der Waals surface area contributed by atoms with Crippen LogP contribution >= 0.6 is 0 Å². The van der Waals surface area contributed by atoms with Gasteiger partial charge in [-0.05, 0) is 37.7 Å². The molecule has 1 aromatic rings. The number of halogens is 2. The van der Waals surface area contributed by atoms with Crippen LogP contribution in [-0.4, -0.2) is 12.1 Å². The third kappa shape index (κ3) is 2.08. The van der Waals surface area contributed by atoms with Crippen LogP contribution in [0.2, 0.25) is 0 Å². The van der Waals surface area contributed by atoms with Crippen molar-refractivity contribution in [3.05, 3.63) is 35.6 Å². The lowest BCUT2D eigenvalue weighted by Gasteiger charge is -2.31. The third-order valence-corrected chi connectivity index (χ3v) is 4.13. The van der Waals surface area contributed by atoms with Crippen molar-refractivity contribution in [2.24, 2.45) is 5.92 Å². The molecule has 0 spiro atoms. The lowest BCUT2D eigenvalue weighted by molar-refractivity contribution is 0.160. The first-order valence-electron chi connectivity index (χ1n) is 6.38. The van der Waals surface area contributed by atoms with Gasteiger partial charge in [0.15, 0.2) is 0 Å². The fourth-order valence-electron chi connectivity index (χ4n) is 3.29. The van der Waals surface area contributed by atoms with E-state index in [0.29, 0.717) is 12.1 Å². The minimum atomic E-state index is -1.15. The second-order valence-electron chi connectivity index (χ2n) is 5.29. The third-order valence-electron chi connectivity index (χ3n) is 4.13. The molecule has 3 unspecified atom stereocenters. The van der Waals surface area contributed by atoms with Crippen molar-refractivity contribution in [1.82, 2.24) is 5.32 Å². The number of benzene rings is 1. The van der Waals surface area contributed by atoms with Gasteiger partial charge in [-0.2, -0.15) is 0 Å². The van der Waals surface area contributed by atoms with Crippen molar-refractivity contribution in [2.45, 2.75) is 43.9 Å². The number of piperidine rings is 1. The van der Waals surface area contributed by atoms with Crippen LogP contribution in [0.1, 0.15) is 37.4 Å². The molecule has 17 heavy (non-hydrogen) atoms. The van der Waals surface area contributed by atoms with Crippen LogP contribution in [0.15, 0.2) is 24.3 Å². The largest absolute Gasteiger partial charge is 0.311 e. The van der Waals surface area contributed by atoms with Crippen molar-refractivity contribution >= 4 is 0 Å². The first kappa shape index (κ1) is 11.1. The summed E-state index contributed by atoms with van der Waals surface area (Å²) >= 11 is 0. The van der Waals surface area contributed by atoms with E-state index in [1.807, 2.05) is 0 Å². The standard InChI is InChI=1S/C14H17F2N/c15-13-4-2-1-3-12(13)14(16)9-7-10-5-6-11(8-9)17-10/h1-4,9-11,14,17H,5-8H2. The summed E-state index contributed by atoms with van der Waals surface area (Å²) in [7, 11) is 0. The van der Waals surface area contributed by atoms with Crippen LogP contribution < -0.4 is 5.32 Å². The summed E-state index contributed by atoms with van der Waals surface area (Å²) in [5.74, 6) is -0.434. The van der Waals surface area contributed by atoms with E-state index in [0.717, 1.165) is 25.7 Å². The molecule has 0 amide bonds. The number of nitrogens with one attached hydrogen (secondary N) is 1. The first-order valence-corrected chi connectivity index (χ1v) is 6.38. The van der Waals surface area contributed by atoms with Crippen molar-refractivity contribution in [3.63, 3.8) is 0 Å². The Morgan fingerprint density at radius 2 is 1.76 bits per heavy atom. The van der Waals surface area contributed by atoms with Crippen LogP contribution in [-0.2, 0) is 0 Å². The van der Waals surface area contributed by atoms with Gasteiger partial charge in [-0.15, -0.1) is 0 Å². The average Bonchev–Trinajstić information content (AvgIpc) is 2.68. The van der Waals surface area contributed by atoms with Gasteiger partial charge in [-0.1, -0.05) is 18.2 Å². The predicted octanol–water partition coefficient (Wildman–Crippen LogP) is 3.37. The lowest BCUT2D eigenvalue weighted by Crippen LogP contribution is -2.39. The van der Waals surface area contributed by atoms with E-state index in [9.17, 15) is 8.78 Å². The van der Waals surface area contributed by atoms with E-state index in [1.54, 1.807) is 18.2 Å². The molecular weight excluding hydrogens is 220 g/mol. The molecule has 92 valence electrons. The zero-order valence-corrected chi connectivity index (χ0v) is 9.70. The van der Waals surface area contributed by atoms with Crippen LogP contribution in [0.3, 0.4) is 0 Å². The summed E-state index contributed by atoms with van der Waals surface area (Å²) < 4.78 is 27.9. The molecular formula is C14H17F2N. The zero-order valence-electron chi connectivity index (χ0n) is 9.70. The van der Waals surface area contributed by atoms with Crippen LogP contribution in [0, 0.1) is 11.7 Å². The molecule has 0 aliphatic carbocycles. The highest BCUT2D eigenvalue weighted by atomic mass is 19.1. The summed E-state index contributed by atoms with van der Waals surface area (Å²) in [4.78, 5) is 0. The van der Waals surface area contributed by atoms with Gasteiger partial charge in [0.1, 0.15) is 12.0 Å². The number of hydrogen-bond acceptors (Lipinski definition) is 1. The molecule has 0 saturated carbocycles. The number of fused-ring (bicyclic) bond motifs is 2. The minimum absolute atomic E-state index is 0.0225. The summed E-state index contributed by atoms with van der Waals surface area (Å²) in [5.41, 5.74) is 0.235. The highest BCUT2D eigenvalue weighted by Crippen LogP contribution is 2.40. The fraction of sp³-hybridized carbons (Fsp3) is 0.571. The zero-order chi connectivity index (χ0) is 11.8. The van der Waals surface area contributed by atoms with Gasteiger partial charge in [0, 0.05) is 17.6 Å². The van der Waals surface area contributed by atoms with Crippen LogP contribution in [0.4, 0.5) is 8.78 Å². The molecule has 2 bridgehead atoms. The Morgan fingerprint density at radius 3 is 2.41 bits per heavy atom. The van der Waals surface area contributed by atoms with Gasteiger partial charge >= 0.3 is 0 Å². The smallest absolute Gasteiger partial charge is 0.131 e. The second-order valence-corrected chi connectivity index (χ2v) is 5.29. The molecule has 2 saturated heterocycles. The van der Waals surface area contributed by atoms with E-state index in [2.05, 4.69) is 5.32 Å². The molecule has 1 aromatic carbocycles. The van der Waals surface area contributed by atoms with Gasteiger partial charge < -0.3 is 5.32 Å². The Balaban J connectivity index is 1.78. The molecule has 2 fully saturated rings. The van der Waals surface area contributed by atoms with Crippen LogP contribution in [0.5, 0.6) is 0 Å². The quantitative estimate of drug-likeness (QED) is 0.831. The molecule has 2 aliphatic heterocycles. The summed E-state index contributed by atoms with van der Waals surface area (Å²) in [6.45, 7) is 0. The van der Waals surface area contributed by atoms with E-state index in [4.69, 9.17) is 0 Å². The maximum absolute atomic E-state index is 14.4. The topological polar surface area (TPSA) is 12.0 Å². The minimum Gasteiger partial charge on any atom is -0.311 e. The molecule has 1 nitrogen and oxygen atoms in total. The summed E-state index contributed by atoms with van der Waals surface area (Å²) in [6, 6.07) is 7.13. The van der Waals surface area contributed by atoms with Crippen molar-refractivity contribution in [2.75, 3.05) is 0 Å². The van der Waals surface area contributed by atoms with Crippen molar-refractivity contribution in [3.8, 4) is 0 Å². The number of alkyl halides is 1. The van der Waals surface area contributed by atoms with Gasteiger partial charge in [0.25, 0.3) is 0 Å². The Kier molecular flexibility index (Phi) is 2.87. The number of rotatable bonds is 2. The monoisotopic (exact) mass is 237 g/mol. The van der Waals surface area contributed by atoms with Gasteiger partial charge in [0.2, 0.25) is 0 Å². The maximum atomic E-state index is 14.4. The molecule has 0 radical (unpaired) electrons. The summed E-state index contributed by atoms with van der Waals surface area (Å²) in [5, 5.41) is 3.48. The van der Waals surface area contributed by atoms with Gasteiger partial charge in [-0.25, -0.2) is 8.78 Å². The Labute approximate surface area is 100 Å². The number of hydrogen-bond donors (Lipinski definition) is 1. The fourth-order valence-corrected chi connectivity index (χ4v) is 3.29.